The maximum absolute atomic E-state index is 13.7. The van der Waals surface area contributed by atoms with Crippen LogP contribution in [0, 0.1) is 23.4 Å². The van der Waals surface area contributed by atoms with E-state index in [1.165, 1.54) is 6.07 Å². The number of nitrogens with one attached hydrogen (secondary N) is 1. The van der Waals surface area contributed by atoms with Crippen LogP contribution in [0.3, 0.4) is 0 Å². The Bertz CT molecular complexity index is 422. The number of hydrogen-bond donors (Lipinski definition) is 2. The van der Waals surface area contributed by atoms with E-state index in [1.54, 1.807) is 0 Å². The van der Waals surface area contributed by atoms with Gasteiger partial charge in [0.1, 0.15) is 0 Å². The number of benzene rings is 1. The minimum absolute atomic E-state index is 0.0342. The predicted octanol–water partition coefficient (Wildman–Crippen LogP) is 2.03. The summed E-state index contributed by atoms with van der Waals surface area (Å²) in [7, 11) is 0. The molecule has 0 saturated carbocycles. The molecule has 3 N–H and O–H groups in total. The van der Waals surface area contributed by atoms with Crippen LogP contribution in [0.5, 0.6) is 0 Å². The zero-order valence-corrected chi connectivity index (χ0v) is 9.76. The fourth-order valence-electron chi connectivity index (χ4n) is 2.29. The van der Waals surface area contributed by atoms with Crippen molar-refractivity contribution in [3.63, 3.8) is 0 Å². The third kappa shape index (κ3) is 2.50. The lowest BCUT2D eigenvalue weighted by atomic mass is 9.89. The maximum Gasteiger partial charge on any atom is 0.194 e. The molecule has 3 nitrogen and oxygen atoms in total. The molecule has 0 spiro atoms. The first-order valence-corrected chi connectivity index (χ1v) is 5.82. The molecule has 0 aliphatic carbocycles. The van der Waals surface area contributed by atoms with E-state index in [0.29, 0.717) is 13.2 Å². The molecular formula is C12H15F3N2O. The average molecular weight is 260 g/mol. The molecule has 2 atom stereocenters. The molecule has 0 amide bonds. The summed E-state index contributed by atoms with van der Waals surface area (Å²) in [6, 6.07) is 1.54. The quantitative estimate of drug-likeness (QED) is 0.496. The standard InChI is InChI=1S/C12H15F3N2O/c13-9-4-3-8(10(14)11(9)15)12(17-16)7-2-1-5-18-6-7/h3-4,7,12,17H,1-2,5-6,16H2. The molecule has 1 saturated heterocycles. The van der Waals surface area contributed by atoms with Crippen LogP contribution in [-0.4, -0.2) is 13.2 Å². The summed E-state index contributed by atoms with van der Waals surface area (Å²) in [6.45, 7) is 1.08. The lowest BCUT2D eigenvalue weighted by Gasteiger charge is -2.30. The Hall–Kier alpha value is -1.11. The van der Waals surface area contributed by atoms with Crippen LogP contribution >= 0.6 is 0 Å². The lowest BCUT2D eigenvalue weighted by molar-refractivity contribution is 0.0383. The van der Waals surface area contributed by atoms with Gasteiger partial charge in [0.25, 0.3) is 0 Å². The molecule has 1 aromatic rings. The van der Waals surface area contributed by atoms with Crippen LogP contribution in [0.1, 0.15) is 24.4 Å². The first kappa shape index (κ1) is 13.3. The summed E-state index contributed by atoms with van der Waals surface area (Å²) in [6.07, 6.45) is 1.64. The minimum Gasteiger partial charge on any atom is -0.381 e. The van der Waals surface area contributed by atoms with Gasteiger partial charge in [0, 0.05) is 18.1 Å². The van der Waals surface area contributed by atoms with E-state index in [0.717, 1.165) is 18.9 Å². The molecule has 1 aliphatic rings. The predicted molar refractivity (Wildman–Crippen MR) is 59.9 cm³/mol. The number of nitrogens with two attached hydrogens (primary N) is 1. The molecule has 0 radical (unpaired) electrons. The van der Waals surface area contributed by atoms with Crippen molar-refractivity contribution in [1.29, 1.82) is 0 Å². The first-order chi connectivity index (χ1) is 8.65. The molecule has 2 unspecified atom stereocenters. The van der Waals surface area contributed by atoms with E-state index in [4.69, 9.17) is 10.6 Å². The number of halogens is 3. The van der Waals surface area contributed by atoms with Crippen molar-refractivity contribution in [2.75, 3.05) is 13.2 Å². The Morgan fingerprint density at radius 1 is 1.28 bits per heavy atom. The van der Waals surface area contributed by atoms with Crippen LogP contribution in [0.4, 0.5) is 13.2 Å². The summed E-state index contributed by atoms with van der Waals surface area (Å²) in [5.41, 5.74) is 2.50. The van der Waals surface area contributed by atoms with Gasteiger partial charge < -0.3 is 4.74 Å². The molecule has 18 heavy (non-hydrogen) atoms. The van der Waals surface area contributed by atoms with Crippen molar-refractivity contribution in [3.05, 3.63) is 35.1 Å². The fourth-order valence-corrected chi connectivity index (χ4v) is 2.29. The Balaban J connectivity index is 2.29. The van der Waals surface area contributed by atoms with Crippen molar-refractivity contribution in [2.24, 2.45) is 11.8 Å². The summed E-state index contributed by atoms with van der Waals surface area (Å²) in [4.78, 5) is 0. The van der Waals surface area contributed by atoms with E-state index in [9.17, 15) is 13.2 Å². The first-order valence-electron chi connectivity index (χ1n) is 5.82. The van der Waals surface area contributed by atoms with Crippen LogP contribution < -0.4 is 11.3 Å². The van der Waals surface area contributed by atoms with Gasteiger partial charge in [0.2, 0.25) is 0 Å². The van der Waals surface area contributed by atoms with Gasteiger partial charge in [-0.25, -0.2) is 13.2 Å². The monoisotopic (exact) mass is 260 g/mol. The maximum atomic E-state index is 13.7. The van der Waals surface area contributed by atoms with Crippen LogP contribution in [0.25, 0.3) is 0 Å². The molecule has 0 bridgehead atoms. The number of rotatable bonds is 3. The summed E-state index contributed by atoms with van der Waals surface area (Å²) in [5.74, 6) is 1.49. The Kier molecular flexibility index (Phi) is 4.21. The van der Waals surface area contributed by atoms with Gasteiger partial charge in [0.05, 0.1) is 12.6 Å². The molecule has 1 aliphatic heterocycles. The molecule has 1 fully saturated rings. The topological polar surface area (TPSA) is 47.3 Å². The van der Waals surface area contributed by atoms with E-state index >= 15 is 0 Å². The Morgan fingerprint density at radius 2 is 2.06 bits per heavy atom. The van der Waals surface area contributed by atoms with Gasteiger partial charge in [0.15, 0.2) is 17.5 Å². The molecule has 6 heteroatoms. The van der Waals surface area contributed by atoms with Crippen molar-refractivity contribution >= 4 is 0 Å². The van der Waals surface area contributed by atoms with Crippen LogP contribution in [-0.2, 0) is 4.74 Å². The summed E-state index contributed by atoms with van der Waals surface area (Å²) in [5, 5.41) is 0. The highest BCUT2D eigenvalue weighted by Crippen LogP contribution is 2.31. The highest BCUT2D eigenvalue weighted by molar-refractivity contribution is 5.24. The van der Waals surface area contributed by atoms with Crippen molar-refractivity contribution in [3.8, 4) is 0 Å². The van der Waals surface area contributed by atoms with Crippen molar-refractivity contribution in [1.82, 2.24) is 5.43 Å². The van der Waals surface area contributed by atoms with E-state index in [2.05, 4.69) is 5.43 Å². The second kappa shape index (κ2) is 5.69. The second-order valence-corrected chi connectivity index (χ2v) is 4.39. The lowest BCUT2D eigenvalue weighted by Crippen LogP contribution is -2.38. The third-order valence-corrected chi connectivity index (χ3v) is 3.25. The van der Waals surface area contributed by atoms with Crippen LogP contribution in [0.15, 0.2) is 12.1 Å². The smallest absolute Gasteiger partial charge is 0.194 e. The Morgan fingerprint density at radius 3 is 2.67 bits per heavy atom. The SMILES string of the molecule is NNC(c1ccc(F)c(F)c1F)C1CCCOC1. The summed E-state index contributed by atoms with van der Waals surface area (Å²) >= 11 is 0. The van der Waals surface area contributed by atoms with Crippen LogP contribution in [0.2, 0.25) is 0 Å². The van der Waals surface area contributed by atoms with Crippen molar-refractivity contribution < 1.29 is 17.9 Å². The van der Waals surface area contributed by atoms with E-state index in [1.807, 2.05) is 0 Å². The van der Waals surface area contributed by atoms with Gasteiger partial charge in [-0.15, -0.1) is 0 Å². The molecule has 1 heterocycles. The largest absolute Gasteiger partial charge is 0.381 e. The van der Waals surface area contributed by atoms with Gasteiger partial charge in [-0.05, 0) is 18.9 Å². The van der Waals surface area contributed by atoms with Crippen molar-refractivity contribution in [2.45, 2.75) is 18.9 Å². The molecule has 2 rings (SSSR count). The molecular weight excluding hydrogens is 245 g/mol. The fraction of sp³-hybridized carbons (Fsp3) is 0.500. The number of ether oxygens (including phenoxy) is 1. The van der Waals surface area contributed by atoms with E-state index in [-0.39, 0.29) is 11.5 Å². The second-order valence-electron chi connectivity index (χ2n) is 4.39. The van der Waals surface area contributed by atoms with Gasteiger partial charge in [-0.2, -0.15) is 0 Å². The zero-order valence-electron chi connectivity index (χ0n) is 9.76. The average Bonchev–Trinajstić information content (AvgIpc) is 2.41. The zero-order chi connectivity index (χ0) is 13.1. The normalized spacial score (nSPS) is 21.9. The minimum atomic E-state index is -1.47. The molecule has 1 aromatic carbocycles. The van der Waals surface area contributed by atoms with E-state index < -0.39 is 23.5 Å². The number of hydrogen-bond acceptors (Lipinski definition) is 3. The molecule has 100 valence electrons. The Labute approximate surface area is 103 Å². The third-order valence-electron chi connectivity index (χ3n) is 3.25. The van der Waals surface area contributed by atoms with Gasteiger partial charge in [-0.3, -0.25) is 11.3 Å². The van der Waals surface area contributed by atoms with Gasteiger partial charge in [-0.1, -0.05) is 6.07 Å². The highest BCUT2D eigenvalue weighted by Gasteiger charge is 2.28. The number of hydrazine groups is 1. The highest BCUT2D eigenvalue weighted by atomic mass is 19.2. The summed E-state index contributed by atoms with van der Waals surface area (Å²) < 4.78 is 45.1. The molecule has 0 aromatic heterocycles. The van der Waals surface area contributed by atoms with Gasteiger partial charge >= 0.3 is 0 Å².